The Kier molecular flexibility index (Phi) is 2.06. The molecule has 0 N–H and O–H groups in total. The molecular formula is C7H10NO2. The van der Waals surface area contributed by atoms with Gasteiger partial charge in [0.1, 0.15) is 5.76 Å². The van der Waals surface area contributed by atoms with Crippen LogP contribution < -0.4 is 0 Å². The van der Waals surface area contributed by atoms with Gasteiger partial charge in [-0.05, 0) is 13.8 Å². The average Bonchev–Trinajstić information content (AvgIpc) is 2.14. The lowest BCUT2D eigenvalue weighted by atomic mass is 10.4. The van der Waals surface area contributed by atoms with Crippen molar-refractivity contribution in [2.24, 2.45) is 0 Å². The molecule has 0 aliphatic carbocycles. The molecule has 1 heterocycles. The first-order valence-electron chi connectivity index (χ1n) is 3.25. The molecule has 0 spiro atoms. The van der Waals surface area contributed by atoms with Crippen LogP contribution >= 0.6 is 0 Å². The van der Waals surface area contributed by atoms with Crippen molar-refractivity contribution in [1.82, 2.24) is 4.98 Å². The van der Waals surface area contributed by atoms with Crippen molar-refractivity contribution in [2.45, 2.75) is 20.3 Å². The molecule has 1 radical (unpaired) electrons. The lowest BCUT2D eigenvalue weighted by Crippen LogP contribution is -1.88. The number of hydrogen-bond donors (Lipinski definition) is 0. The fraction of sp³-hybridized carbons (Fsp3) is 0.571. The summed E-state index contributed by atoms with van der Waals surface area (Å²) in [4.78, 5) is 4.03. The molecule has 1 aromatic rings. The first-order chi connectivity index (χ1) is 4.74. The fourth-order valence-corrected chi connectivity index (χ4v) is 0.733. The smallest absolute Gasteiger partial charge is 0.197 e. The number of rotatable bonds is 2. The van der Waals surface area contributed by atoms with E-state index in [0.717, 1.165) is 11.5 Å². The Bertz CT molecular complexity index is 198. The number of aryl methyl sites for hydroxylation is 2. The van der Waals surface area contributed by atoms with Gasteiger partial charge in [-0.25, -0.2) is 10.1 Å². The van der Waals surface area contributed by atoms with Crippen LogP contribution in [-0.2, 0) is 11.5 Å². The van der Waals surface area contributed by atoms with Gasteiger partial charge in [0.25, 0.3) is 0 Å². The molecule has 0 atom stereocenters. The summed E-state index contributed by atoms with van der Waals surface area (Å²) in [6.07, 6.45) is 0.397. The van der Waals surface area contributed by atoms with E-state index in [-0.39, 0.29) is 6.61 Å². The van der Waals surface area contributed by atoms with E-state index in [0.29, 0.717) is 12.3 Å². The second-order valence-corrected chi connectivity index (χ2v) is 2.20. The van der Waals surface area contributed by atoms with E-state index >= 15 is 0 Å². The predicted molar refractivity (Wildman–Crippen MR) is 35.2 cm³/mol. The molecule has 0 aliphatic rings. The summed E-state index contributed by atoms with van der Waals surface area (Å²) in [5.74, 6) is 1.37. The van der Waals surface area contributed by atoms with Gasteiger partial charge in [-0.3, -0.25) is 0 Å². The summed E-state index contributed by atoms with van der Waals surface area (Å²) >= 11 is 0. The van der Waals surface area contributed by atoms with E-state index in [1.165, 1.54) is 0 Å². The van der Waals surface area contributed by atoms with Gasteiger partial charge in [-0.15, -0.1) is 0 Å². The van der Waals surface area contributed by atoms with Gasteiger partial charge in [-0.2, -0.15) is 0 Å². The molecule has 0 unspecified atom stereocenters. The summed E-state index contributed by atoms with van der Waals surface area (Å²) in [6, 6.07) is 0. The predicted octanol–water partition coefficient (Wildman–Crippen LogP) is 1.26. The standard InChI is InChI=1S/C7H10NO2/c1-5-6(2)10-7(8-5)3-4-9/h3-4H2,1-2H3. The second-order valence-electron chi connectivity index (χ2n) is 2.20. The zero-order valence-electron chi connectivity index (χ0n) is 6.18. The molecule has 0 amide bonds. The molecule has 0 fully saturated rings. The minimum atomic E-state index is -0.153. The van der Waals surface area contributed by atoms with Crippen LogP contribution in [0.4, 0.5) is 0 Å². The highest BCUT2D eigenvalue weighted by atomic mass is 16.4. The van der Waals surface area contributed by atoms with E-state index < -0.39 is 0 Å². The lowest BCUT2D eigenvalue weighted by Gasteiger charge is -1.83. The maximum Gasteiger partial charge on any atom is 0.197 e. The Balaban J connectivity index is 2.77. The van der Waals surface area contributed by atoms with Crippen molar-refractivity contribution in [2.75, 3.05) is 6.61 Å². The summed E-state index contributed by atoms with van der Waals surface area (Å²) < 4.78 is 5.14. The van der Waals surface area contributed by atoms with Crippen molar-refractivity contribution >= 4 is 0 Å². The molecule has 55 valence electrons. The molecule has 1 rings (SSSR count). The van der Waals surface area contributed by atoms with Gasteiger partial charge in [0.05, 0.1) is 18.7 Å². The zero-order chi connectivity index (χ0) is 7.56. The van der Waals surface area contributed by atoms with Gasteiger partial charge < -0.3 is 4.42 Å². The van der Waals surface area contributed by atoms with Gasteiger partial charge >= 0.3 is 0 Å². The Labute approximate surface area is 59.7 Å². The topological polar surface area (TPSA) is 45.9 Å². The van der Waals surface area contributed by atoms with Crippen LogP contribution in [0.25, 0.3) is 0 Å². The third kappa shape index (κ3) is 1.36. The van der Waals surface area contributed by atoms with Gasteiger partial charge in [0.2, 0.25) is 0 Å². The van der Waals surface area contributed by atoms with E-state index in [1.54, 1.807) is 0 Å². The molecule has 0 aromatic carbocycles. The minimum absolute atomic E-state index is 0.153. The molecule has 3 nitrogen and oxygen atoms in total. The quantitative estimate of drug-likeness (QED) is 0.620. The highest BCUT2D eigenvalue weighted by Gasteiger charge is 2.03. The number of nitrogens with zero attached hydrogens (tertiary/aromatic N) is 1. The summed E-state index contributed by atoms with van der Waals surface area (Å²) in [5, 5.41) is 10.1. The van der Waals surface area contributed by atoms with Crippen molar-refractivity contribution < 1.29 is 9.52 Å². The number of oxazole rings is 1. The molecule has 0 saturated heterocycles. The molecular weight excluding hydrogens is 130 g/mol. The van der Waals surface area contributed by atoms with E-state index in [4.69, 9.17) is 4.42 Å². The third-order valence-electron chi connectivity index (χ3n) is 1.39. The van der Waals surface area contributed by atoms with Crippen molar-refractivity contribution in [3.8, 4) is 0 Å². The number of hydrogen-bond acceptors (Lipinski definition) is 2. The van der Waals surface area contributed by atoms with Crippen LogP contribution in [0.1, 0.15) is 17.3 Å². The Morgan fingerprint density at radius 1 is 1.50 bits per heavy atom. The highest BCUT2D eigenvalue weighted by Crippen LogP contribution is 2.07. The maximum absolute atomic E-state index is 10.1. The van der Waals surface area contributed by atoms with E-state index in [2.05, 4.69) is 4.98 Å². The maximum atomic E-state index is 10.1. The molecule has 0 bridgehead atoms. The Morgan fingerprint density at radius 3 is 2.60 bits per heavy atom. The largest absolute Gasteiger partial charge is 0.446 e. The van der Waals surface area contributed by atoms with Crippen LogP contribution in [0.2, 0.25) is 0 Å². The second kappa shape index (κ2) is 2.84. The summed E-state index contributed by atoms with van der Waals surface area (Å²) in [5.41, 5.74) is 0.878. The van der Waals surface area contributed by atoms with Crippen molar-refractivity contribution in [3.63, 3.8) is 0 Å². The lowest BCUT2D eigenvalue weighted by molar-refractivity contribution is 0.189. The summed E-state index contributed by atoms with van der Waals surface area (Å²) in [6.45, 7) is 3.56. The van der Waals surface area contributed by atoms with Crippen LogP contribution in [0.3, 0.4) is 0 Å². The SMILES string of the molecule is Cc1nc(CC[O])oc1C. The van der Waals surface area contributed by atoms with Gasteiger partial charge in [-0.1, -0.05) is 0 Å². The summed E-state index contributed by atoms with van der Waals surface area (Å²) in [7, 11) is 0. The zero-order valence-corrected chi connectivity index (χ0v) is 6.18. The first-order valence-corrected chi connectivity index (χ1v) is 3.25. The Morgan fingerprint density at radius 2 is 2.20 bits per heavy atom. The molecule has 1 aromatic heterocycles. The van der Waals surface area contributed by atoms with Crippen LogP contribution in [0, 0.1) is 13.8 Å². The monoisotopic (exact) mass is 140 g/mol. The molecule has 0 saturated carbocycles. The normalized spacial score (nSPS) is 10.3. The van der Waals surface area contributed by atoms with E-state index in [9.17, 15) is 5.11 Å². The number of aromatic nitrogens is 1. The van der Waals surface area contributed by atoms with Crippen LogP contribution in [0.15, 0.2) is 4.42 Å². The van der Waals surface area contributed by atoms with Crippen molar-refractivity contribution in [3.05, 3.63) is 17.3 Å². The van der Waals surface area contributed by atoms with Crippen LogP contribution in [0.5, 0.6) is 0 Å². The Hall–Kier alpha value is -0.830. The highest BCUT2D eigenvalue weighted by molar-refractivity contribution is 5.05. The molecule has 0 aliphatic heterocycles. The minimum Gasteiger partial charge on any atom is -0.446 e. The van der Waals surface area contributed by atoms with Crippen LogP contribution in [-0.4, -0.2) is 11.6 Å². The first kappa shape index (κ1) is 7.28. The fourth-order valence-electron chi connectivity index (χ4n) is 0.733. The molecule has 10 heavy (non-hydrogen) atoms. The van der Waals surface area contributed by atoms with Gasteiger partial charge in [0, 0.05) is 0 Å². The van der Waals surface area contributed by atoms with Crippen molar-refractivity contribution in [1.29, 1.82) is 0 Å². The van der Waals surface area contributed by atoms with E-state index in [1.807, 2.05) is 13.8 Å². The third-order valence-corrected chi connectivity index (χ3v) is 1.39. The average molecular weight is 140 g/mol. The van der Waals surface area contributed by atoms with Gasteiger partial charge in [0.15, 0.2) is 5.89 Å². The molecule has 3 heteroatoms.